The maximum absolute atomic E-state index is 13.7. The van der Waals surface area contributed by atoms with Crippen molar-refractivity contribution in [2.45, 2.75) is 114 Å². The summed E-state index contributed by atoms with van der Waals surface area (Å²) in [5.41, 5.74) is 0.290. The molecule has 3 fully saturated rings. The predicted molar refractivity (Wildman–Crippen MR) is 154 cm³/mol. The van der Waals surface area contributed by atoms with Crippen molar-refractivity contribution in [1.29, 1.82) is 0 Å². The normalized spacial score (nSPS) is 22.6. The standard InChI is InChI=1S/C30H43ClN4O6/c1-30(2)16-20(26(37)35-30)15-23(25(36)28(39)32-22-11-12-22)33-27(38)24(14-18-7-4-3-5-8-18)34-29(40)41-17-19-9-6-10-21(31)13-19/h6,9-10,13,18,20,22-25,36H,3-5,7-8,11-12,14-17H2,1-2H3,(H,32,39)(H,33,38)(H,34,40)(H,35,37)/t20?,23?,24-,25?/m0/s1. The summed E-state index contributed by atoms with van der Waals surface area (Å²) >= 11 is 6.02. The van der Waals surface area contributed by atoms with Gasteiger partial charge in [-0.1, -0.05) is 55.8 Å². The summed E-state index contributed by atoms with van der Waals surface area (Å²) in [4.78, 5) is 51.9. The van der Waals surface area contributed by atoms with Gasteiger partial charge in [0.15, 0.2) is 6.10 Å². The fourth-order valence-electron chi connectivity index (χ4n) is 5.89. The molecule has 1 aromatic rings. The van der Waals surface area contributed by atoms with E-state index in [1.807, 2.05) is 13.8 Å². The highest BCUT2D eigenvalue weighted by atomic mass is 35.5. The number of benzene rings is 1. The van der Waals surface area contributed by atoms with Crippen LogP contribution in [-0.4, -0.2) is 58.7 Å². The number of aliphatic hydroxyl groups excluding tert-OH is 1. The zero-order valence-electron chi connectivity index (χ0n) is 23.9. The Hall–Kier alpha value is -2.85. The summed E-state index contributed by atoms with van der Waals surface area (Å²) in [5.74, 6) is -1.50. The van der Waals surface area contributed by atoms with Crippen LogP contribution in [0.2, 0.25) is 5.02 Å². The Morgan fingerprint density at radius 3 is 2.44 bits per heavy atom. The van der Waals surface area contributed by atoms with Gasteiger partial charge in [-0.3, -0.25) is 14.4 Å². The smallest absolute Gasteiger partial charge is 0.408 e. The highest BCUT2D eigenvalue weighted by molar-refractivity contribution is 6.30. The number of hydrogen-bond acceptors (Lipinski definition) is 6. The number of carbonyl (C=O) groups excluding carboxylic acids is 4. The molecule has 4 amide bonds. The molecule has 1 aromatic carbocycles. The summed E-state index contributed by atoms with van der Waals surface area (Å²) in [6.07, 6.45) is 5.59. The van der Waals surface area contributed by atoms with Crippen LogP contribution in [0, 0.1) is 11.8 Å². The SMILES string of the molecule is CC1(C)CC(CC(NC(=O)[C@H](CC2CCCCC2)NC(=O)OCc2cccc(Cl)c2)C(O)C(=O)NC2CC2)C(=O)N1. The average Bonchev–Trinajstić information content (AvgIpc) is 3.69. The van der Waals surface area contributed by atoms with Crippen LogP contribution in [0.25, 0.3) is 0 Å². The average molecular weight is 591 g/mol. The van der Waals surface area contributed by atoms with E-state index in [1.165, 1.54) is 0 Å². The van der Waals surface area contributed by atoms with Crippen molar-refractivity contribution in [3.63, 3.8) is 0 Å². The number of amides is 4. The van der Waals surface area contributed by atoms with E-state index in [4.69, 9.17) is 16.3 Å². The number of carbonyl (C=O) groups is 4. The number of ether oxygens (including phenoxy) is 1. The molecular weight excluding hydrogens is 548 g/mol. The molecule has 226 valence electrons. The molecule has 3 unspecified atom stereocenters. The highest BCUT2D eigenvalue weighted by Crippen LogP contribution is 2.30. The third-order valence-electron chi connectivity index (χ3n) is 8.19. The van der Waals surface area contributed by atoms with Crippen molar-refractivity contribution in [2.75, 3.05) is 0 Å². The molecule has 0 radical (unpaired) electrons. The van der Waals surface area contributed by atoms with E-state index >= 15 is 0 Å². The van der Waals surface area contributed by atoms with Crippen LogP contribution < -0.4 is 21.3 Å². The first kappa shape index (κ1) is 31.1. The van der Waals surface area contributed by atoms with Gasteiger partial charge in [-0.25, -0.2) is 4.79 Å². The lowest BCUT2D eigenvalue weighted by molar-refractivity contribution is -0.134. The maximum Gasteiger partial charge on any atom is 0.408 e. The van der Waals surface area contributed by atoms with E-state index in [9.17, 15) is 24.3 Å². The molecule has 11 heteroatoms. The number of rotatable bonds is 12. The van der Waals surface area contributed by atoms with E-state index in [0.717, 1.165) is 44.9 Å². The Morgan fingerprint density at radius 1 is 1.07 bits per heavy atom. The Balaban J connectivity index is 1.45. The third kappa shape index (κ3) is 9.60. The summed E-state index contributed by atoms with van der Waals surface area (Å²) in [6, 6.07) is 5.04. The number of nitrogens with one attached hydrogen (secondary N) is 4. The van der Waals surface area contributed by atoms with Crippen LogP contribution in [0.3, 0.4) is 0 Å². The van der Waals surface area contributed by atoms with Crippen LogP contribution >= 0.6 is 11.6 Å². The number of alkyl carbamates (subject to hydrolysis) is 1. The molecule has 0 spiro atoms. The van der Waals surface area contributed by atoms with E-state index in [2.05, 4.69) is 21.3 Å². The van der Waals surface area contributed by atoms with Crippen molar-refractivity contribution in [3.05, 3.63) is 34.9 Å². The zero-order valence-corrected chi connectivity index (χ0v) is 24.7. The van der Waals surface area contributed by atoms with Crippen molar-refractivity contribution < 1.29 is 29.0 Å². The predicted octanol–water partition coefficient (Wildman–Crippen LogP) is 3.33. The molecule has 4 atom stereocenters. The van der Waals surface area contributed by atoms with Gasteiger partial charge in [0, 0.05) is 22.5 Å². The number of hydrogen-bond donors (Lipinski definition) is 5. The van der Waals surface area contributed by atoms with Gasteiger partial charge in [0.25, 0.3) is 5.91 Å². The summed E-state index contributed by atoms with van der Waals surface area (Å²) in [7, 11) is 0. The van der Waals surface area contributed by atoms with Gasteiger partial charge in [-0.15, -0.1) is 0 Å². The molecule has 5 N–H and O–H groups in total. The second kappa shape index (κ2) is 13.9. The first-order valence-electron chi connectivity index (χ1n) is 14.8. The molecule has 1 aliphatic heterocycles. The Kier molecular flexibility index (Phi) is 10.5. The van der Waals surface area contributed by atoms with Gasteiger partial charge >= 0.3 is 6.09 Å². The molecule has 2 saturated carbocycles. The van der Waals surface area contributed by atoms with Gasteiger partial charge in [-0.05, 0) is 69.6 Å². The lowest BCUT2D eigenvalue weighted by Crippen LogP contribution is -2.56. The first-order chi connectivity index (χ1) is 19.5. The van der Waals surface area contributed by atoms with E-state index in [-0.39, 0.29) is 30.9 Å². The lowest BCUT2D eigenvalue weighted by atomic mass is 9.84. The van der Waals surface area contributed by atoms with E-state index in [0.29, 0.717) is 23.4 Å². The molecule has 41 heavy (non-hydrogen) atoms. The summed E-state index contributed by atoms with van der Waals surface area (Å²) < 4.78 is 5.38. The Labute approximate surface area is 246 Å². The minimum absolute atomic E-state index is 0.0145. The van der Waals surface area contributed by atoms with Crippen molar-refractivity contribution in [3.8, 4) is 0 Å². The summed E-state index contributed by atoms with van der Waals surface area (Å²) in [6.45, 7) is 3.81. The van der Waals surface area contributed by atoms with Gasteiger partial charge in [0.2, 0.25) is 11.8 Å². The van der Waals surface area contributed by atoms with Gasteiger partial charge in [-0.2, -0.15) is 0 Å². The Morgan fingerprint density at radius 2 is 1.80 bits per heavy atom. The molecule has 2 aliphatic carbocycles. The van der Waals surface area contributed by atoms with Gasteiger partial charge in [0.05, 0.1) is 6.04 Å². The van der Waals surface area contributed by atoms with Crippen molar-refractivity contribution >= 4 is 35.4 Å². The Bertz CT molecular complexity index is 1100. The maximum atomic E-state index is 13.7. The van der Waals surface area contributed by atoms with Crippen LogP contribution in [0.4, 0.5) is 4.79 Å². The minimum Gasteiger partial charge on any atom is -0.445 e. The second-order valence-corrected chi connectivity index (χ2v) is 12.9. The molecule has 4 rings (SSSR count). The highest BCUT2D eigenvalue weighted by Gasteiger charge is 2.42. The second-order valence-electron chi connectivity index (χ2n) is 12.5. The zero-order chi connectivity index (χ0) is 29.6. The summed E-state index contributed by atoms with van der Waals surface area (Å²) in [5, 5.41) is 22.8. The topological polar surface area (TPSA) is 146 Å². The molecule has 10 nitrogen and oxygen atoms in total. The van der Waals surface area contributed by atoms with Crippen molar-refractivity contribution in [2.24, 2.45) is 11.8 Å². The van der Waals surface area contributed by atoms with E-state index in [1.54, 1.807) is 24.3 Å². The third-order valence-corrected chi connectivity index (χ3v) is 8.43. The molecule has 0 bridgehead atoms. The van der Waals surface area contributed by atoms with Crippen LogP contribution in [-0.2, 0) is 25.7 Å². The monoisotopic (exact) mass is 590 g/mol. The fourth-order valence-corrected chi connectivity index (χ4v) is 6.10. The molecule has 1 heterocycles. The number of aliphatic hydroxyl groups is 1. The fraction of sp³-hybridized carbons (Fsp3) is 0.667. The van der Waals surface area contributed by atoms with Gasteiger partial charge in [0.1, 0.15) is 12.6 Å². The first-order valence-corrected chi connectivity index (χ1v) is 15.2. The van der Waals surface area contributed by atoms with Crippen LogP contribution in [0.5, 0.6) is 0 Å². The quantitative estimate of drug-likeness (QED) is 0.252. The minimum atomic E-state index is -1.54. The lowest BCUT2D eigenvalue weighted by Gasteiger charge is -2.30. The molecular formula is C30H43ClN4O6. The van der Waals surface area contributed by atoms with E-state index < -0.39 is 47.6 Å². The molecule has 1 saturated heterocycles. The van der Waals surface area contributed by atoms with Crippen molar-refractivity contribution in [1.82, 2.24) is 21.3 Å². The van der Waals surface area contributed by atoms with Crippen LogP contribution in [0.15, 0.2) is 24.3 Å². The molecule has 0 aromatic heterocycles. The molecule has 3 aliphatic rings. The van der Waals surface area contributed by atoms with Gasteiger partial charge < -0.3 is 31.1 Å². The largest absolute Gasteiger partial charge is 0.445 e. The van der Waals surface area contributed by atoms with Crippen LogP contribution in [0.1, 0.15) is 83.6 Å². The number of halogens is 1.